The van der Waals surface area contributed by atoms with Crippen LogP contribution in [0.5, 0.6) is 0 Å². The Balaban J connectivity index is 2.82. The molecule has 1 aromatic heterocycles. The minimum absolute atomic E-state index is 0.0949. The summed E-state index contributed by atoms with van der Waals surface area (Å²) in [5.41, 5.74) is 0.936. The highest BCUT2D eigenvalue weighted by Gasteiger charge is 2.17. The van der Waals surface area contributed by atoms with Gasteiger partial charge in [-0.05, 0) is 19.1 Å². The molecule has 0 radical (unpaired) electrons. The maximum atomic E-state index is 11.9. The van der Waals surface area contributed by atoms with Crippen LogP contribution in [0.2, 0.25) is 0 Å². The second kappa shape index (κ2) is 6.74. The second-order valence-electron chi connectivity index (χ2n) is 3.84. The number of hydrogen-bond donors (Lipinski definition) is 2. The summed E-state index contributed by atoms with van der Waals surface area (Å²) in [6.07, 6.45) is 1.48. The van der Waals surface area contributed by atoms with E-state index in [2.05, 4.69) is 16.8 Å². The largest absolute Gasteiger partial charge is 0.394 e. The van der Waals surface area contributed by atoms with E-state index < -0.39 is 0 Å². The van der Waals surface area contributed by atoms with Crippen LogP contribution in [0.25, 0.3) is 0 Å². The van der Waals surface area contributed by atoms with Crippen molar-refractivity contribution in [3.63, 3.8) is 0 Å². The molecular weight excluding hydrogens is 232 g/mol. The van der Waals surface area contributed by atoms with E-state index in [1.807, 2.05) is 0 Å². The van der Waals surface area contributed by atoms with Crippen molar-refractivity contribution in [1.82, 2.24) is 9.88 Å². The number of likely N-dealkylation sites (N-methyl/N-ethyl adjacent to an activating group) is 1. The van der Waals surface area contributed by atoms with E-state index in [9.17, 15) is 4.79 Å². The Morgan fingerprint density at radius 2 is 2.22 bits per heavy atom. The average molecular weight is 248 g/mol. The van der Waals surface area contributed by atoms with Crippen LogP contribution < -0.4 is 0 Å². The van der Waals surface area contributed by atoms with Crippen LogP contribution in [-0.4, -0.2) is 52.3 Å². The van der Waals surface area contributed by atoms with Crippen LogP contribution >= 0.6 is 0 Å². The van der Waals surface area contributed by atoms with Crippen molar-refractivity contribution < 1.29 is 15.0 Å². The fourth-order valence-corrected chi connectivity index (χ4v) is 1.24. The van der Waals surface area contributed by atoms with Gasteiger partial charge in [0.25, 0.3) is 5.91 Å². The van der Waals surface area contributed by atoms with Gasteiger partial charge in [-0.2, -0.15) is 0 Å². The molecular formula is C13H16N2O3. The third kappa shape index (κ3) is 3.55. The minimum Gasteiger partial charge on any atom is -0.394 e. The number of hydrogen-bond acceptors (Lipinski definition) is 4. The van der Waals surface area contributed by atoms with E-state index in [0.29, 0.717) is 11.3 Å². The number of amides is 1. The molecule has 5 nitrogen and oxygen atoms in total. The Bertz CT molecular complexity index is 459. The minimum atomic E-state index is -0.256. The van der Waals surface area contributed by atoms with Crippen molar-refractivity contribution in [2.24, 2.45) is 0 Å². The van der Waals surface area contributed by atoms with Crippen LogP contribution in [0.15, 0.2) is 18.3 Å². The first kappa shape index (κ1) is 14.2. The number of nitrogens with zero attached hydrogens (tertiary/aromatic N) is 2. The van der Waals surface area contributed by atoms with E-state index in [1.165, 1.54) is 11.1 Å². The van der Waals surface area contributed by atoms with Gasteiger partial charge in [0.2, 0.25) is 0 Å². The molecule has 1 unspecified atom stereocenters. The van der Waals surface area contributed by atoms with Gasteiger partial charge in [0.15, 0.2) is 0 Å². The second-order valence-corrected chi connectivity index (χ2v) is 3.84. The van der Waals surface area contributed by atoms with Crippen molar-refractivity contribution in [2.75, 3.05) is 20.3 Å². The Morgan fingerprint density at radius 3 is 2.72 bits per heavy atom. The molecule has 1 amide bonds. The molecule has 0 aromatic carbocycles. The monoisotopic (exact) mass is 248 g/mol. The van der Waals surface area contributed by atoms with Crippen LogP contribution in [0, 0.1) is 11.8 Å². The molecule has 0 saturated heterocycles. The standard InChI is InChI=1S/C13H16N2O3/c1-10(9-17)15(2)13(18)12-6-5-11(8-14-12)4-3-7-16/h5-6,8,10,16-17H,7,9H2,1-2H3. The third-order valence-corrected chi connectivity index (χ3v) is 2.54. The lowest BCUT2D eigenvalue weighted by Gasteiger charge is -2.22. The average Bonchev–Trinajstić information content (AvgIpc) is 2.43. The highest BCUT2D eigenvalue weighted by atomic mass is 16.3. The van der Waals surface area contributed by atoms with Gasteiger partial charge < -0.3 is 15.1 Å². The van der Waals surface area contributed by atoms with Crippen LogP contribution in [0.3, 0.4) is 0 Å². The van der Waals surface area contributed by atoms with Crippen LogP contribution in [0.4, 0.5) is 0 Å². The predicted molar refractivity (Wildman–Crippen MR) is 66.8 cm³/mol. The summed E-state index contributed by atoms with van der Waals surface area (Å²) in [5.74, 6) is 4.95. The van der Waals surface area contributed by atoms with Crippen molar-refractivity contribution in [2.45, 2.75) is 13.0 Å². The smallest absolute Gasteiger partial charge is 0.272 e. The molecule has 1 rings (SSSR count). The lowest BCUT2D eigenvalue weighted by Crippen LogP contribution is -2.37. The fraction of sp³-hybridized carbons (Fsp3) is 0.385. The molecule has 0 aliphatic rings. The van der Waals surface area contributed by atoms with Gasteiger partial charge >= 0.3 is 0 Å². The van der Waals surface area contributed by atoms with Crippen molar-refractivity contribution in [3.8, 4) is 11.8 Å². The predicted octanol–water partition coefficient (Wildman–Crippen LogP) is -0.122. The maximum absolute atomic E-state index is 11.9. The lowest BCUT2D eigenvalue weighted by atomic mass is 10.2. The Morgan fingerprint density at radius 1 is 1.50 bits per heavy atom. The number of rotatable bonds is 3. The van der Waals surface area contributed by atoms with Gasteiger partial charge in [-0.3, -0.25) is 4.79 Å². The van der Waals surface area contributed by atoms with E-state index in [1.54, 1.807) is 26.1 Å². The third-order valence-electron chi connectivity index (χ3n) is 2.54. The van der Waals surface area contributed by atoms with E-state index in [0.717, 1.165) is 0 Å². The number of carbonyl (C=O) groups is 1. The molecule has 0 bridgehead atoms. The fourth-order valence-electron chi connectivity index (χ4n) is 1.24. The molecule has 0 aliphatic heterocycles. The summed E-state index contributed by atoms with van der Waals surface area (Å²) < 4.78 is 0. The number of pyridine rings is 1. The van der Waals surface area contributed by atoms with Gasteiger partial charge in [0.1, 0.15) is 12.3 Å². The lowest BCUT2D eigenvalue weighted by molar-refractivity contribution is 0.0676. The number of aliphatic hydroxyl groups excluding tert-OH is 2. The van der Waals surface area contributed by atoms with Crippen LogP contribution in [-0.2, 0) is 0 Å². The molecule has 1 heterocycles. The molecule has 0 spiro atoms. The van der Waals surface area contributed by atoms with Gasteiger partial charge in [-0.1, -0.05) is 11.8 Å². The number of carbonyl (C=O) groups excluding carboxylic acids is 1. The quantitative estimate of drug-likeness (QED) is 0.731. The Labute approximate surface area is 106 Å². The molecule has 1 aromatic rings. The summed E-state index contributed by atoms with van der Waals surface area (Å²) in [4.78, 5) is 17.4. The first-order valence-electron chi connectivity index (χ1n) is 5.54. The maximum Gasteiger partial charge on any atom is 0.272 e. The Kier molecular flexibility index (Phi) is 5.31. The molecule has 96 valence electrons. The zero-order valence-electron chi connectivity index (χ0n) is 10.4. The first-order chi connectivity index (χ1) is 8.60. The van der Waals surface area contributed by atoms with Crippen molar-refractivity contribution in [3.05, 3.63) is 29.6 Å². The van der Waals surface area contributed by atoms with Gasteiger partial charge in [0.05, 0.1) is 12.6 Å². The molecule has 0 fully saturated rings. The van der Waals surface area contributed by atoms with Gasteiger partial charge in [-0.15, -0.1) is 0 Å². The highest BCUT2D eigenvalue weighted by molar-refractivity contribution is 5.92. The summed E-state index contributed by atoms with van der Waals surface area (Å²) >= 11 is 0. The molecule has 5 heteroatoms. The molecule has 0 saturated carbocycles. The van der Waals surface area contributed by atoms with Gasteiger partial charge in [-0.25, -0.2) is 4.98 Å². The van der Waals surface area contributed by atoms with E-state index in [-0.39, 0.29) is 25.2 Å². The summed E-state index contributed by atoms with van der Waals surface area (Å²) in [6, 6.07) is 2.98. The molecule has 18 heavy (non-hydrogen) atoms. The zero-order valence-corrected chi connectivity index (χ0v) is 10.4. The van der Waals surface area contributed by atoms with E-state index >= 15 is 0 Å². The van der Waals surface area contributed by atoms with Crippen molar-refractivity contribution >= 4 is 5.91 Å². The summed E-state index contributed by atoms with van der Waals surface area (Å²) in [5, 5.41) is 17.5. The molecule has 1 atom stereocenters. The Hall–Kier alpha value is -1.90. The number of aliphatic hydroxyl groups is 2. The highest BCUT2D eigenvalue weighted by Crippen LogP contribution is 2.05. The molecule has 0 aliphatic carbocycles. The normalized spacial score (nSPS) is 11.3. The summed E-state index contributed by atoms with van der Waals surface area (Å²) in [6.45, 7) is 1.44. The number of aromatic nitrogens is 1. The van der Waals surface area contributed by atoms with E-state index in [4.69, 9.17) is 10.2 Å². The summed E-state index contributed by atoms with van der Waals surface area (Å²) in [7, 11) is 1.62. The topological polar surface area (TPSA) is 73.7 Å². The van der Waals surface area contributed by atoms with Gasteiger partial charge in [0, 0.05) is 18.8 Å². The SMILES string of the molecule is CC(CO)N(C)C(=O)c1ccc(C#CCO)cn1. The first-order valence-corrected chi connectivity index (χ1v) is 5.54. The zero-order chi connectivity index (χ0) is 13.5. The van der Waals surface area contributed by atoms with Crippen molar-refractivity contribution in [1.29, 1.82) is 0 Å². The van der Waals surface area contributed by atoms with Crippen LogP contribution in [0.1, 0.15) is 23.0 Å². The molecule has 2 N–H and O–H groups in total.